The molecule has 0 aromatic heterocycles. The van der Waals surface area contributed by atoms with Crippen LogP contribution in [0.25, 0.3) is 0 Å². The van der Waals surface area contributed by atoms with Crippen molar-refractivity contribution in [3.05, 3.63) is 54.1 Å². The van der Waals surface area contributed by atoms with Crippen molar-refractivity contribution < 1.29 is 13.2 Å². The number of nitrogens with one attached hydrogen (secondary N) is 3. The zero-order chi connectivity index (χ0) is 22.3. The summed E-state index contributed by atoms with van der Waals surface area (Å²) in [5.74, 6) is 1.63. The van der Waals surface area contributed by atoms with Gasteiger partial charge in [0.1, 0.15) is 5.75 Å². The summed E-state index contributed by atoms with van der Waals surface area (Å²) >= 11 is 0. The van der Waals surface area contributed by atoms with Gasteiger partial charge in [-0.1, -0.05) is 24.3 Å². The third kappa shape index (κ3) is 6.72. The maximum atomic E-state index is 11.9. The molecule has 1 heterocycles. The summed E-state index contributed by atoms with van der Waals surface area (Å²) in [6, 6.07) is 15.1. The molecule has 1 aliphatic heterocycles. The molecule has 0 spiro atoms. The highest BCUT2D eigenvalue weighted by Crippen LogP contribution is 2.30. The highest BCUT2D eigenvalue weighted by Gasteiger charge is 2.25. The number of ether oxygens (including phenoxy) is 1. The van der Waals surface area contributed by atoms with Crippen LogP contribution in [0.4, 0.5) is 5.69 Å². The number of hydrogen-bond acceptors (Lipinski definition) is 5. The van der Waals surface area contributed by atoms with Crippen LogP contribution in [-0.2, 0) is 16.6 Å². The van der Waals surface area contributed by atoms with Gasteiger partial charge in [-0.05, 0) is 50.2 Å². The van der Waals surface area contributed by atoms with Crippen LogP contribution in [0.3, 0.4) is 0 Å². The Kier molecular flexibility index (Phi) is 10.0. The summed E-state index contributed by atoms with van der Waals surface area (Å²) in [5, 5.41) is 6.81. The Bertz CT molecular complexity index is 999. The van der Waals surface area contributed by atoms with Gasteiger partial charge >= 0.3 is 0 Å². The SMILES string of the molecule is CCNC(=NCc1ccc(S(=O)(=O)NC)cc1)NC1CCN(c2ccccc2OC)C1.I. The van der Waals surface area contributed by atoms with Crippen LogP contribution in [0.1, 0.15) is 18.9 Å². The fourth-order valence-corrected chi connectivity index (χ4v) is 4.29. The molecular weight excluding hydrogens is 541 g/mol. The average molecular weight is 574 g/mol. The predicted octanol–water partition coefficient (Wildman–Crippen LogP) is 2.56. The van der Waals surface area contributed by atoms with Crippen molar-refractivity contribution in [1.82, 2.24) is 15.4 Å². The predicted molar refractivity (Wildman–Crippen MR) is 140 cm³/mol. The molecule has 2 aromatic carbocycles. The molecule has 1 atom stereocenters. The van der Waals surface area contributed by atoms with Crippen LogP contribution in [-0.4, -0.2) is 54.2 Å². The molecule has 176 valence electrons. The zero-order valence-corrected chi connectivity index (χ0v) is 21.8. The minimum atomic E-state index is -3.43. The molecule has 2 aromatic rings. The van der Waals surface area contributed by atoms with Crippen molar-refractivity contribution in [3.8, 4) is 5.75 Å². The molecule has 0 amide bonds. The van der Waals surface area contributed by atoms with Gasteiger partial charge in [0, 0.05) is 25.7 Å². The summed E-state index contributed by atoms with van der Waals surface area (Å²) in [5.41, 5.74) is 2.04. The molecule has 3 N–H and O–H groups in total. The smallest absolute Gasteiger partial charge is 0.240 e. The van der Waals surface area contributed by atoms with Crippen LogP contribution in [0, 0.1) is 0 Å². The number of nitrogens with zero attached hydrogens (tertiary/aromatic N) is 2. The Morgan fingerprint density at radius 2 is 1.91 bits per heavy atom. The Balaban J connectivity index is 0.00000363. The van der Waals surface area contributed by atoms with Gasteiger partial charge in [-0.15, -0.1) is 24.0 Å². The molecule has 1 fully saturated rings. The molecule has 0 bridgehead atoms. The Morgan fingerprint density at radius 3 is 2.56 bits per heavy atom. The summed E-state index contributed by atoms with van der Waals surface area (Å²) in [4.78, 5) is 7.24. The van der Waals surface area contributed by atoms with E-state index < -0.39 is 10.0 Å². The van der Waals surface area contributed by atoms with Crippen molar-refractivity contribution in [1.29, 1.82) is 0 Å². The Hall–Kier alpha value is -2.05. The first-order valence-corrected chi connectivity index (χ1v) is 11.9. The number of para-hydroxylation sites is 2. The molecule has 1 saturated heterocycles. The highest BCUT2D eigenvalue weighted by molar-refractivity contribution is 14.0. The molecule has 8 nitrogen and oxygen atoms in total. The third-order valence-electron chi connectivity index (χ3n) is 5.22. The topological polar surface area (TPSA) is 95.1 Å². The number of benzene rings is 2. The van der Waals surface area contributed by atoms with Gasteiger partial charge in [0.2, 0.25) is 10.0 Å². The van der Waals surface area contributed by atoms with E-state index in [-0.39, 0.29) is 34.9 Å². The molecule has 3 rings (SSSR count). The van der Waals surface area contributed by atoms with Crippen LogP contribution >= 0.6 is 24.0 Å². The van der Waals surface area contributed by atoms with Gasteiger partial charge in [-0.2, -0.15) is 0 Å². The first-order valence-electron chi connectivity index (χ1n) is 10.4. The largest absolute Gasteiger partial charge is 0.495 e. The first kappa shape index (κ1) is 26.2. The normalized spacial score (nSPS) is 16.4. The average Bonchev–Trinajstić information content (AvgIpc) is 3.26. The van der Waals surface area contributed by atoms with Gasteiger partial charge in [-0.3, -0.25) is 0 Å². The van der Waals surface area contributed by atoms with Gasteiger partial charge < -0.3 is 20.3 Å². The zero-order valence-electron chi connectivity index (χ0n) is 18.7. The minimum absolute atomic E-state index is 0. The van der Waals surface area contributed by atoms with Gasteiger partial charge in [0.15, 0.2) is 5.96 Å². The second-order valence-electron chi connectivity index (χ2n) is 7.29. The highest BCUT2D eigenvalue weighted by atomic mass is 127. The lowest BCUT2D eigenvalue weighted by Crippen LogP contribution is -2.44. The lowest BCUT2D eigenvalue weighted by atomic mass is 10.2. The summed E-state index contributed by atoms with van der Waals surface area (Å²) in [7, 11) is -0.330. The lowest BCUT2D eigenvalue weighted by molar-refractivity contribution is 0.415. The number of hydrogen-bond donors (Lipinski definition) is 3. The Morgan fingerprint density at radius 1 is 1.19 bits per heavy atom. The van der Waals surface area contributed by atoms with Gasteiger partial charge in [0.25, 0.3) is 0 Å². The van der Waals surface area contributed by atoms with Crippen molar-refractivity contribution in [2.45, 2.75) is 30.8 Å². The van der Waals surface area contributed by atoms with E-state index in [0.29, 0.717) is 6.54 Å². The van der Waals surface area contributed by atoms with Gasteiger partial charge in [0.05, 0.1) is 24.2 Å². The fourth-order valence-electron chi connectivity index (χ4n) is 3.56. The Labute approximate surface area is 207 Å². The second-order valence-corrected chi connectivity index (χ2v) is 9.18. The number of rotatable bonds is 8. The van der Waals surface area contributed by atoms with Crippen molar-refractivity contribution in [2.24, 2.45) is 4.99 Å². The van der Waals surface area contributed by atoms with E-state index in [0.717, 1.165) is 49.0 Å². The van der Waals surface area contributed by atoms with Crippen molar-refractivity contribution in [3.63, 3.8) is 0 Å². The molecule has 1 unspecified atom stereocenters. The molecule has 0 aliphatic carbocycles. The molecule has 32 heavy (non-hydrogen) atoms. The molecule has 10 heteroatoms. The van der Waals surface area contributed by atoms with Crippen molar-refractivity contribution >= 4 is 45.6 Å². The number of guanidine groups is 1. The molecule has 0 saturated carbocycles. The number of anilines is 1. The van der Waals surface area contributed by atoms with E-state index in [1.54, 1.807) is 31.4 Å². The summed E-state index contributed by atoms with van der Waals surface area (Å²) in [6.45, 7) is 5.05. The van der Waals surface area contributed by atoms with Crippen molar-refractivity contribution in [2.75, 3.05) is 38.7 Å². The van der Waals surface area contributed by atoms with Crippen LogP contribution in [0.15, 0.2) is 58.4 Å². The van der Waals surface area contributed by atoms with E-state index >= 15 is 0 Å². The van der Waals surface area contributed by atoms with Crippen LogP contribution in [0.2, 0.25) is 0 Å². The van der Waals surface area contributed by atoms with E-state index in [9.17, 15) is 8.42 Å². The number of aliphatic imine (C=N–C) groups is 1. The maximum Gasteiger partial charge on any atom is 0.240 e. The summed E-state index contributed by atoms with van der Waals surface area (Å²) < 4.78 is 31.5. The monoisotopic (exact) mass is 573 g/mol. The van der Waals surface area contributed by atoms with Crippen LogP contribution in [0.5, 0.6) is 5.75 Å². The fraction of sp³-hybridized carbons (Fsp3) is 0.409. The van der Waals surface area contributed by atoms with Crippen LogP contribution < -0.4 is 25.0 Å². The quantitative estimate of drug-likeness (QED) is 0.256. The number of methoxy groups -OCH3 is 1. The maximum absolute atomic E-state index is 11.9. The third-order valence-corrected chi connectivity index (χ3v) is 6.65. The lowest BCUT2D eigenvalue weighted by Gasteiger charge is -2.22. The molecule has 1 aliphatic rings. The van der Waals surface area contributed by atoms with E-state index in [4.69, 9.17) is 4.74 Å². The number of sulfonamides is 1. The van der Waals surface area contributed by atoms with E-state index in [1.807, 2.05) is 25.1 Å². The second kappa shape index (κ2) is 12.3. The summed E-state index contributed by atoms with van der Waals surface area (Å²) in [6.07, 6.45) is 0.999. The molecular formula is C22H32IN5O3S. The minimum Gasteiger partial charge on any atom is -0.495 e. The van der Waals surface area contributed by atoms with Gasteiger partial charge in [-0.25, -0.2) is 18.1 Å². The molecule has 0 radical (unpaired) electrons. The standard InChI is InChI=1S/C22H31N5O3S.HI/c1-4-24-22(25-15-17-9-11-19(12-10-17)31(28,29)23-2)26-18-13-14-27(16-18)20-7-5-6-8-21(20)30-3;/h5-12,18,23H,4,13-16H2,1-3H3,(H2,24,25,26);1H. The van der Waals surface area contributed by atoms with E-state index in [2.05, 4.69) is 31.3 Å². The number of halogens is 1. The van der Waals surface area contributed by atoms with E-state index in [1.165, 1.54) is 7.05 Å². The first-order chi connectivity index (χ1) is 15.0.